The maximum Gasteiger partial charge on any atom is 0.151 e. The van der Waals surface area contributed by atoms with Gasteiger partial charge in [0.15, 0.2) is 23.0 Å². The van der Waals surface area contributed by atoms with Gasteiger partial charge in [0.25, 0.3) is 0 Å². The number of rotatable bonds is 14. The molecule has 0 radical (unpaired) electrons. The second-order valence-electron chi connectivity index (χ2n) is 36.0. The van der Waals surface area contributed by atoms with Crippen molar-refractivity contribution >= 4 is 66.8 Å². The number of hydrogen-bond donors (Lipinski definition) is 2. The van der Waals surface area contributed by atoms with E-state index in [2.05, 4.69) is 272 Å². The average molecular weight is 1320 g/mol. The summed E-state index contributed by atoms with van der Waals surface area (Å²) in [7, 11) is 0. The summed E-state index contributed by atoms with van der Waals surface area (Å²) in [6.45, 7) is 58.6. The second kappa shape index (κ2) is 24.6. The highest BCUT2D eigenvalue weighted by atomic mass is 35.5. The monoisotopic (exact) mass is 1310 g/mol. The predicted octanol–water partition coefficient (Wildman–Crippen LogP) is 25.8. The first-order chi connectivity index (χ1) is 43.6. The molecule has 0 spiro atoms. The maximum atomic E-state index is 13.7. The minimum absolute atomic E-state index is 0.0951. The van der Waals surface area contributed by atoms with Crippen molar-refractivity contribution in [3.05, 3.63) is 176 Å². The van der Waals surface area contributed by atoms with Gasteiger partial charge in [0.1, 0.15) is 11.4 Å². The van der Waals surface area contributed by atoms with Crippen molar-refractivity contribution in [2.24, 2.45) is 10.8 Å². The van der Waals surface area contributed by atoms with E-state index in [0.717, 1.165) is 89.8 Å². The minimum atomic E-state index is -0.495. The normalized spacial score (nSPS) is 14.0. The van der Waals surface area contributed by atoms with Gasteiger partial charge in [-0.15, -0.1) is 0 Å². The molecule has 0 bridgehead atoms. The molecule has 8 aromatic carbocycles. The first kappa shape index (κ1) is 70.9. The quantitative estimate of drug-likeness (QED) is 0.114. The highest BCUT2D eigenvalue weighted by molar-refractivity contribution is 6.31. The highest BCUT2D eigenvalue weighted by Gasteiger charge is 2.39. The number of aromatic nitrogens is 2. The fourth-order valence-corrected chi connectivity index (χ4v) is 15.9. The lowest BCUT2D eigenvalue weighted by atomic mass is 9.71. The van der Waals surface area contributed by atoms with Crippen LogP contribution in [0.3, 0.4) is 0 Å². The Kier molecular flexibility index (Phi) is 18.4. The molecule has 0 amide bonds. The van der Waals surface area contributed by atoms with Gasteiger partial charge in [-0.1, -0.05) is 212 Å². The zero-order valence-electron chi connectivity index (χ0n) is 62.2. The Hall–Kier alpha value is -6.86. The van der Waals surface area contributed by atoms with E-state index in [4.69, 9.17) is 32.7 Å². The second-order valence-corrected chi connectivity index (χ2v) is 36.8. The van der Waals surface area contributed by atoms with Crippen LogP contribution in [-0.2, 0) is 32.5 Å². The molecule has 8 heteroatoms. The van der Waals surface area contributed by atoms with Crippen molar-refractivity contribution in [1.82, 2.24) is 9.13 Å². The number of phenols is 2. The van der Waals surface area contributed by atoms with Crippen LogP contribution in [0.1, 0.15) is 230 Å². The molecule has 0 saturated carbocycles. The number of nitrogens with zero attached hydrogens (tertiary/aromatic N) is 2. The molecular formula is C87H108Cl2N2O4. The fourth-order valence-electron chi connectivity index (χ4n) is 15.4. The summed E-state index contributed by atoms with van der Waals surface area (Å²) >= 11 is 14.0. The molecule has 504 valence electrons. The van der Waals surface area contributed by atoms with Gasteiger partial charge in [0, 0.05) is 60.3 Å². The van der Waals surface area contributed by atoms with E-state index in [1.165, 1.54) is 22.3 Å². The molecule has 0 aliphatic carbocycles. The van der Waals surface area contributed by atoms with E-state index in [0.29, 0.717) is 50.5 Å². The lowest BCUT2D eigenvalue weighted by Crippen LogP contribution is -2.30. The first-order valence-electron chi connectivity index (χ1n) is 34.5. The van der Waals surface area contributed by atoms with E-state index in [9.17, 15) is 10.2 Å². The van der Waals surface area contributed by atoms with Gasteiger partial charge >= 0.3 is 0 Å². The number of ether oxygens (including phenoxy) is 2. The summed E-state index contributed by atoms with van der Waals surface area (Å²) in [4.78, 5) is 0. The Labute approximate surface area is 579 Å². The number of fused-ring (bicyclic) bond motifs is 6. The lowest BCUT2D eigenvalue weighted by molar-refractivity contribution is 0.125. The zero-order chi connectivity index (χ0) is 70.2. The third-order valence-electron chi connectivity index (χ3n) is 19.3. The molecule has 0 aliphatic heterocycles. The number of halogens is 2. The van der Waals surface area contributed by atoms with E-state index < -0.39 is 23.0 Å². The van der Waals surface area contributed by atoms with Crippen molar-refractivity contribution in [2.75, 3.05) is 0 Å². The average Bonchev–Trinajstić information content (AvgIpc) is 1.63. The third kappa shape index (κ3) is 14.4. The molecule has 2 heterocycles. The molecule has 10 rings (SSSR count). The topological polar surface area (TPSA) is 68.8 Å². The van der Waals surface area contributed by atoms with E-state index in [1.54, 1.807) is 0 Å². The van der Waals surface area contributed by atoms with Crippen LogP contribution in [-0.4, -0.2) is 31.6 Å². The van der Waals surface area contributed by atoms with Crippen LogP contribution < -0.4 is 9.47 Å². The largest absolute Gasteiger partial charge is 0.505 e. The van der Waals surface area contributed by atoms with Gasteiger partial charge in [-0.05, 0) is 213 Å². The van der Waals surface area contributed by atoms with Gasteiger partial charge in [-0.2, -0.15) is 0 Å². The number of aromatic hydroxyl groups is 2. The van der Waals surface area contributed by atoms with Crippen molar-refractivity contribution in [2.45, 2.75) is 244 Å². The molecule has 95 heavy (non-hydrogen) atoms. The van der Waals surface area contributed by atoms with Gasteiger partial charge in [0.05, 0.1) is 34.3 Å². The number of aryl methyl sites for hydroxylation is 2. The summed E-state index contributed by atoms with van der Waals surface area (Å²) in [5.74, 6) is 1.42. The van der Waals surface area contributed by atoms with Crippen LogP contribution in [0.25, 0.3) is 77.2 Å². The molecule has 6 nitrogen and oxygen atoms in total. The molecule has 10 aromatic rings. The maximum absolute atomic E-state index is 13.7. The molecule has 0 fully saturated rings. The highest BCUT2D eigenvalue weighted by Crippen LogP contribution is 2.55. The van der Waals surface area contributed by atoms with Gasteiger partial charge in [0.2, 0.25) is 0 Å². The van der Waals surface area contributed by atoms with Crippen LogP contribution in [0, 0.1) is 24.7 Å². The van der Waals surface area contributed by atoms with E-state index in [1.807, 2.05) is 38.1 Å². The van der Waals surface area contributed by atoms with E-state index >= 15 is 0 Å². The molecule has 2 aromatic heterocycles. The zero-order valence-corrected chi connectivity index (χ0v) is 63.7. The smallest absolute Gasteiger partial charge is 0.151 e. The fraction of sp³-hybridized carbons (Fsp3) is 0.448. The Balaban J connectivity index is 1.25. The summed E-state index contributed by atoms with van der Waals surface area (Å²) in [5, 5.41) is 33.0. The van der Waals surface area contributed by atoms with Crippen LogP contribution in [0.2, 0.25) is 10.0 Å². The summed E-state index contributed by atoms with van der Waals surface area (Å²) < 4.78 is 20.1. The number of hydrogen-bond acceptors (Lipinski definition) is 4. The summed E-state index contributed by atoms with van der Waals surface area (Å²) in [5.41, 5.74) is 15.1. The van der Waals surface area contributed by atoms with E-state index in [-0.39, 0.29) is 44.0 Å². The van der Waals surface area contributed by atoms with Gasteiger partial charge < -0.3 is 28.8 Å². The SMILES string of the molecule is Cc1cc(Cl)cc(-c2cc(C(C)(C)CC(C)(C)C)c(OC(C)CC(C)Oc3c(C(C)(C)CC(C)(C)C)cc(-c4cc(C)cc(Cl)c4)c(O)c3-n3c4ccc(C(C)(C)C)cc4c4cc(C(C)(C)C)ccc43)c(-n3c4ccc(C(C)(C)C)cc4c4cc(C(C)(C)C)ccc43)c2O)c1. The van der Waals surface area contributed by atoms with Crippen LogP contribution >= 0.6 is 23.2 Å². The summed E-state index contributed by atoms with van der Waals surface area (Å²) in [6.07, 6.45) is 1.06. The molecule has 0 saturated heterocycles. The Morgan fingerprint density at radius 1 is 0.379 bits per heavy atom. The van der Waals surface area contributed by atoms with Crippen molar-refractivity contribution in [1.29, 1.82) is 0 Å². The minimum Gasteiger partial charge on any atom is -0.505 e. The van der Waals surface area contributed by atoms with Crippen molar-refractivity contribution in [3.63, 3.8) is 0 Å². The predicted molar refractivity (Wildman–Crippen MR) is 409 cm³/mol. The van der Waals surface area contributed by atoms with Crippen molar-refractivity contribution in [3.8, 4) is 56.6 Å². The third-order valence-corrected chi connectivity index (χ3v) is 19.7. The Morgan fingerprint density at radius 2 is 0.653 bits per heavy atom. The molecular weight excluding hydrogens is 1210 g/mol. The van der Waals surface area contributed by atoms with Crippen LogP contribution in [0.4, 0.5) is 0 Å². The Bertz CT molecular complexity index is 4140. The lowest BCUT2D eigenvalue weighted by Gasteiger charge is -2.37. The first-order valence-corrected chi connectivity index (χ1v) is 35.3. The number of phenolic OH excluding ortho intramolecular Hbond substituents is 2. The molecule has 0 aliphatic rings. The van der Waals surface area contributed by atoms with Gasteiger partial charge in [-0.3, -0.25) is 0 Å². The van der Waals surface area contributed by atoms with Crippen molar-refractivity contribution < 1.29 is 19.7 Å². The van der Waals surface area contributed by atoms with Crippen LogP contribution in [0.5, 0.6) is 23.0 Å². The standard InChI is InChI=1S/C87H108Cl2N2O4/c1-50-35-54(40-60(88)37-50)62-46-68(86(23,24)48-80(5,6)7)78(74(76(62)92)90-70-31-27-56(82(11,12)13)42-64(70)65-43-57(83(14,15)16)28-32-71(65)90)94-52(3)39-53(4)95-79-69(87(25,26)49-81(8,9)10)47-63(55-36-51(2)38-61(89)41-55)77(93)75(79)91-72-33-29-58(84(17,18)19)44-66(72)67-45-59(85(20,21)22)30-34-73(67)91/h27-38,40-47,52-53,92-93H,39,48-49H2,1-26H3. The number of benzene rings is 8. The molecule has 2 N–H and O–H groups in total. The summed E-state index contributed by atoms with van der Waals surface area (Å²) in [6, 6.07) is 43.7. The van der Waals surface area contributed by atoms with Crippen LogP contribution in [0.15, 0.2) is 121 Å². The molecule has 2 unspecified atom stereocenters. The van der Waals surface area contributed by atoms with Gasteiger partial charge in [-0.25, -0.2) is 0 Å². The molecule has 2 atom stereocenters. The Morgan fingerprint density at radius 3 is 0.895 bits per heavy atom.